The monoisotopic (exact) mass is 310 g/mol. The molecule has 0 fully saturated rings. The molecule has 0 aliphatic carbocycles. The van der Waals surface area contributed by atoms with E-state index in [-0.39, 0.29) is 0 Å². The van der Waals surface area contributed by atoms with Crippen molar-refractivity contribution in [3.8, 4) is 5.75 Å². The van der Waals surface area contributed by atoms with Gasteiger partial charge < -0.3 is 14.6 Å². The van der Waals surface area contributed by atoms with Crippen LogP contribution in [0.5, 0.6) is 5.75 Å². The minimum atomic E-state index is 0.614. The molecule has 0 aliphatic heterocycles. The summed E-state index contributed by atoms with van der Waals surface area (Å²) in [5.74, 6) is 2.61. The minimum Gasteiger partial charge on any atom is -0.497 e. The van der Waals surface area contributed by atoms with Gasteiger partial charge in [0.1, 0.15) is 11.6 Å². The van der Waals surface area contributed by atoms with E-state index < -0.39 is 0 Å². The third kappa shape index (κ3) is 2.64. The number of nitrogens with one attached hydrogen (secondary N) is 1. The highest BCUT2D eigenvalue weighted by Crippen LogP contribution is 2.27. The summed E-state index contributed by atoms with van der Waals surface area (Å²) in [4.78, 5) is 0. The van der Waals surface area contributed by atoms with Crippen molar-refractivity contribution in [1.29, 1.82) is 0 Å². The molecule has 0 amide bonds. The van der Waals surface area contributed by atoms with Gasteiger partial charge in [-0.1, -0.05) is 0 Å². The zero-order valence-corrected chi connectivity index (χ0v) is 12.2. The van der Waals surface area contributed by atoms with Crippen LogP contribution in [0.1, 0.15) is 11.6 Å². The Morgan fingerprint density at radius 2 is 2.17 bits per heavy atom. The summed E-state index contributed by atoms with van der Waals surface area (Å²) >= 11 is 3.50. The normalized spacial score (nSPS) is 10.4. The molecule has 6 heteroatoms. The van der Waals surface area contributed by atoms with Crippen molar-refractivity contribution in [2.75, 3.05) is 12.4 Å². The first-order valence-electron chi connectivity index (χ1n) is 5.54. The van der Waals surface area contributed by atoms with E-state index in [4.69, 9.17) is 4.74 Å². The molecule has 18 heavy (non-hydrogen) atoms. The summed E-state index contributed by atoms with van der Waals surface area (Å²) in [6.07, 6.45) is 0. The molecule has 1 aromatic carbocycles. The predicted molar refractivity (Wildman–Crippen MR) is 73.8 cm³/mol. The number of ether oxygens (including phenoxy) is 1. The SMILES string of the molecule is COc1ccc(Br)c(NCc2nnc(C)n2C)c1. The quantitative estimate of drug-likeness (QED) is 0.942. The van der Waals surface area contributed by atoms with Crippen molar-refractivity contribution in [2.24, 2.45) is 7.05 Å². The standard InChI is InChI=1S/C12H15BrN4O/c1-8-15-16-12(17(8)2)7-14-11-6-9(18-3)4-5-10(11)13/h4-6,14H,7H2,1-3H3. The van der Waals surface area contributed by atoms with Crippen molar-refractivity contribution in [1.82, 2.24) is 14.8 Å². The fourth-order valence-corrected chi connectivity index (χ4v) is 1.93. The highest BCUT2D eigenvalue weighted by molar-refractivity contribution is 9.10. The van der Waals surface area contributed by atoms with E-state index in [0.29, 0.717) is 6.54 Å². The van der Waals surface area contributed by atoms with Crippen LogP contribution in [-0.2, 0) is 13.6 Å². The smallest absolute Gasteiger partial charge is 0.152 e. The van der Waals surface area contributed by atoms with E-state index in [1.54, 1.807) is 7.11 Å². The van der Waals surface area contributed by atoms with Gasteiger partial charge in [-0.2, -0.15) is 0 Å². The van der Waals surface area contributed by atoms with Gasteiger partial charge >= 0.3 is 0 Å². The number of hydrogen-bond acceptors (Lipinski definition) is 4. The Kier molecular flexibility index (Phi) is 3.86. The molecule has 0 unspecified atom stereocenters. The number of aryl methyl sites for hydroxylation is 1. The van der Waals surface area contributed by atoms with Crippen LogP contribution in [0.4, 0.5) is 5.69 Å². The van der Waals surface area contributed by atoms with Crippen LogP contribution >= 0.6 is 15.9 Å². The molecule has 96 valence electrons. The van der Waals surface area contributed by atoms with Gasteiger partial charge in [0, 0.05) is 17.6 Å². The van der Waals surface area contributed by atoms with Gasteiger partial charge in [0.15, 0.2) is 5.82 Å². The number of nitrogens with zero attached hydrogens (tertiary/aromatic N) is 3. The highest BCUT2D eigenvalue weighted by Gasteiger charge is 2.06. The van der Waals surface area contributed by atoms with E-state index in [2.05, 4.69) is 31.4 Å². The molecule has 2 rings (SSSR count). The lowest BCUT2D eigenvalue weighted by molar-refractivity contribution is 0.415. The Hall–Kier alpha value is -1.56. The molecule has 0 saturated carbocycles. The fraction of sp³-hybridized carbons (Fsp3) is 0.333. The zero-order chi connectivity index (χ0) is 13.1. The Morgan fingerprint density at radius 3 is 2.78 bits per heavy atom. The van der Waals surface area contributed by atoms with E-state index in [9.17, 15) is 0 Å². The van der Waals surface area contributed by atoms with Gasteiger partial charge in [-0.3, -0.25) is 0 Å². The number of benzene rings is 1. The first kappa shape index (κ1) is 12.9. The van der Waals surface area contributed by atoms with Crippen LogP contribution in [-0.4, -0.2) is 21.9 Å². The van der Waals surface area contributed by atoms with E-state index in [0.717, 1.165) is 27.6 Å². The molecule has 0 aliphatic rings. The largest absolute Gasteiger partial charge is 0.497 e. The topological polar surface area (TPSA) is 52.0 Å². The third-order valence-electron chi connectivity index (χ3n) is 2.79. The van der Waals surface area contributed by atoms with Crippen LogP contribution in [0.3, 0.4) is 0 Å². The van der Waals surface area contributed by atoms with Gasteiger partial charge in [-0.05, 0) is 35.0 Å². The fourth-order valence-electron chi connectivity index (χ4n) is 1.55. The number of hydrogen-bond donors (Lipinski definition) is 1. The maximum absolute atomic E-state index is 5.20. The average Bonchev–Trinajstić information content (AvgIpc) is 2.69. The summed E-state index contributed by atoms with van der Waals surface area (Å²) in [5, 5.41) is 11.4. The van der Waals surface area contributed by atoms with E-state index in [1.165, 1.54) is 0 Å². The number of halogens is 1. The van der Waals surface area contributed by atoms with Crippen LogP contribution in [0.25, 0.3) is 0 Å². The molecule has 0 spiro atoms. The van der Waals surface area contributed by atoms with Crippen molar-refractivity contribution < 1.29 is 4.74 Å². The molecule has 0 atom stereocenters. The minimum absolute atomic E-state index is 0.614. The van der Waals surface area contributed by atoms with Gasteiger partial charge in [-0.15, -0.1) is 10.2 Å². The number of methoxy groups -OCH3 is 1. The van der Waals surface area contributed by atoms with E-state index in [1.807, 2.05) is 36.7 Å². The maximum atomic E-state index is 5.20. The van der Waals surface area contributed by atoms with Crippen molar-refractivity contribution in [3.05, 3.63) is 34.3 Å². The van der Waals surface area contributed by atoms with Crippen LogP contribution in [0.15, 0.2) is 22.7 Å². The summed E-state index contributed by atoms with van der Waals surface area (Å²) in [6, 6.07) is 5.79. The Labute approximate surface area is 114 Å². The van der Waals surface area contributed by atoms with Crippen LogP contribution in [0.2, 0.25) is 0 Å². The van der Waals surface area contributed by atoms with E-state index >= 15 is 0 Å². The number of rotatable bonds is 4. The molecule has 0 saturated heterocycles. The Bertz CT molecular complexity index is 553. The summed E-state index contributed by atoms with van der Waals surface area (Å²) < 4.78 is 8.14. The second-order valence-corrected chi connectivity index (χ2v) is 4.78. The zero-order valence-electron chi connectivity index (χ0n) is 10.6. The second-order valence-electron chi connectivity index (χ2n) is 3.92. The molecule has 2 aromatic rings. The highest BCUT2D eigenvalue weighted by atomic mass is 79.9. The Morgan fingerprint density at radius 1 is 1.39 bits per heavy atom. The Balaban J connectivity index is 2.12. The van der Waals surface area contributed by atoms with Crippen LogP contribution in [0, 0.1) is 6.92 Å². The molecule has 1 aromatic heterocycles. The second kappa shape index (κ2) is 5.39. The molecule has 1 heterocycles. The number of aromatic nitrogens is 3. The molecular formula is C12H15BrN4O. The molecule has 5 nitrogen and oxygen atoms in total. The molecular weight excluding hydrogens is 296 g/mol. The average molecular weight is 311 g/mol. The first-order valence-corrected chi connectivity index (χ1v) is 6.33. The molecule has 1 N–H and O–H groups in total. The van der Waals surface area contributed by atoms with Gasteiger partial charge in [-0.25, -0.2) is 0 Å². The summed E-state index contributed by atoms with van der Waals surface area (Å²) in [7, 11) is 3.60. The van der Waals surface area contributed by atoms with Crippen LogP contribution < -0.4 is 10.1 Å². The van der Waals surface area contributed by atoms with Gasteiger partial charge in [0.25, 0.3) is 0 Å². The maximum Gasteiger partial charge on any atom is 0.152 e. The lowest BCUT2D eigenvalue weighted by atomic mass is 10.3. The third-order valence-corrected chi connectivity index (χ3v) is 3.48. The van der Waals surface area contributed by atoms with Gasteiger partial charge in [0.05, 0.1) is 19.3 Å². The summed E-state index contributed by atoms with van der Waals surface area (Å²) in [6.45, 7) is 2.54. The lowest BCUT2D eigenvalue weighted by Crippen LogP contribution is -2.07. The first-order chi connectivity index (χ1) is 8.61. The summed E-state index contributed by atoms with van der Waals surface area (Å²) in [5.41, 5.74) is 0.968. The van der Waals surface area contributed by atoms with Crippen molar-refractivity contribution in [2.45, 2.75) is 13.5 Å². The van der Waals surface area contributed by atoms with Gasteiger partial charge in [0.2, 0.25) is 0 Å². The van der Waals surface area contributed by atoms with Crippen molar-refractivity contribution >= 4 is 21.6 Å². The lowest BCUT2D eigenvalue weighted by Gasteiger charge is -2.10. The molecule has 0 radical (unpaired) electrons. The van der Waals surface area contributed by atoms with Crippen molar-refractivity contribution in [3.63, 3.8) is 0 Å². The molecule has 0 bridgehead atoms. The predicted octanol–water partition coefficient (Wildman–Crippen LogP) is 2.51. The number of anilines is 1.